The van der Waals surface area contributed by atoms with E-state index >= 15 is 0 Å². The molecule has 0 spiro atoms. The number of carboxylic acids is 1. The minimum absolute atomic E-state index is 0.00867. The summed E-state index contributed by atoms with van der Waals surface area (Å²) >= 11 is 3.04. The van der Waals surface area contributed by atoms with Crippen LogP contribution in [0.3, 0.4) is 0 Å². The monoisotopic (exact) mass is 337 g/mol. The summed E-state index contributed by atoms with van der Waals surface area (Å²) in [6.07, 6.45) is 0. The van der Waals surface area contributed by atoms with Crippen molar-refractivity contribution in [3.63, 3.8) is 0 Å². The number of likely N-dealkylation sites (N-methyl/N-ethyl adjacent to an activating group) is 1. The van der Waals surface area contributed by atoms with Gasteiger partial charge < -0.3 is 10.2 Å². The number of aliphatic hydroxyl groups is 1. The number of aliphatic hydroxyl groups excluding tert-OH is 1. The summed E-state index contributed by atoms with van der Waals surface area (Å²) in [4.78, 5) is 10.7. The zero-order chi connectivity index (χ0) is 13.9. The Morgan fingerprint density at radius 1 is 1.44 bits per heavy atom. The lowest BCUT2D eigenvalue weighted by Crippen LogP contribution is -2.29. The summed E-state index contributed by atoms with van der Waals surface area (Å²) in [5.74, 6) is -1.14. The molecule has 8 heteroatoms. The molecular weight excluding hydrogens is 326 g/mol. The normalized spacial score (nSPS) is 11.8. The first kappa shape index (κ1) is 15.1. The smallest absolute Gasteiger partial charge is 0.335 e. The van der Waals surface area contributed by atoms with Crippen molar-refractivity contribution < 1.29 is 23.4 Å². The van der Waals surface area contributed by atoms with Crippen LogP contribution in [0.2, 0.25) is 0 Å². The van der Waals surface area contributed by atoms with Crippen LogP contribution in [-0.4, -0.2) is 49.1 Å². The molecule has 0 aliphatic rings. The lowest BCUT2D eigenvalue weighted by molar-refractivity contribution is 0.0696. The van der Waals surface area contributed by atoms with Crippen LogP contribution in [-0.2, 0) is 10.0 Å². The second kappa shape index (κ2) is 5.79. The van der Waals surface area contributed by atoms with Gasteiger partial charge in [-0.1, -0.05) is 0 Å². The molecule has 0 aromatic heterocycles. The molecule has 6 nitrogen and oxygen atoms in total. The zero-order valence-corrected chi connectivity index (χ0v) is 11.9. The standard InChI is InChI=1S/C10H12BrNO5S/c1-12(4-5-13)18(16,17)9-3-2-7(10(14)15)6-8(9)11/h2-3,6,13H,4-5H2,1H3,(H,14,15). The molecule has 0 aliphatic heterocycles. The first-order valence-electron chi connectivity index (χ1n) is 4.90. The van der Waals surface area contributed by atoms with Gasteiger partial charge >= 0.3 is 5.97 Å². The van der Waals surface area contributed by atoms with Gasteiger partial charge in [0.15, 0.2) is 0 Å². The van der Waals surface area contributed by atoms with E-state index in [1.807, 2.05) is 0 Å². The average Bonchev–Trinajstić information content (AvgIpc) is 2.28. The van der Waals surface area contributed by atoms with Gasteiger partial charge in [0.25, 0.3) is 0 Å². The largest absolute Gasteiger partial charge is 0.478 e. The summed E-state index contributed by atoms with van der Waals surface area (Å²) in [5, 5.41) is 17.5. The second-order valence-corrected chi connectivity index (χ2v) is 6.37. The molecule has 0 fully saturated rings. The van der Waals surface area contributed by atoms with Gasteiger partial charge in [-0.3, -0.25) is 0 Å². The van der Waals surface area contributed by atoms with E-state index in [0.29, 0.717) is 0 Å². The molecule has 0 radical (unpaired) electrons. The fourth-order valence-corrected chi connectivity index (χ4v) is 3.47. The van der Waals surface area contributed by atoms with Crippen LogP contribution >= 0.6 is 15.9 Å². The van der Waals surface area contributed by atoms with E-state index in [0.717, 1.165) is 4.31 Å². The zero-order valence-electron chi connectivity index (χ0n) is 9.50. The van der Waals surface area contributed by atoms with Crippen molar-refractivity contribution in [2.75, 3.05) is 20.2 Å². The van der Waals surface area contributed by atoms with Gasteiger partial charge in [0.05, 0.1) is 17.1 Å². The molecule has 0 atom stereocenters. The Labute approximate surface area is 113 Å². The maximum atomic E-state index is 12.1. The average molecular weight is 338 g/mol. The molecular formula is C10H12BrNO5S. The van der Waals surface area contributed by atoms with Gasteiger partial charge in [0, 0.05) is 18.1 Å². The predicted molar refractivity (Wildman–Crippen MR) is 68.0 cm³/mol. The lowest BCUT2D eigenvalue weighted by atomic mass is 10.2. The number of halogens is 1. The van der Waals surface area contributed by atoms with Crippen molar-refractivity contribution >= 4 is 31.9 Å². The SMILES string of the molecule is CN(CCO)S(=O)(=O)c1ccc(C(=O)O)cc1Br. The van der Waals surface area contributed by atoms with Crippen molar-refractivity contribution in [1.82, 2.24) is 4.31 Å². The van der Waals surface area contributed by atoms with Gasteiger partial charge in [-0.15, -0.1) is 0 Å². The number of benzene rings is 1. The van der Waals surface area contributed by atoms with E-state index in [-0.39, 0.29) is 28.1 Å². The number of sulfonamides is 1. The molecule has 0 heterocycles. The van der Waals surface area contributed by atoms with Gasteiger partial charge in [-0.05, 0) is 34.1 Å². The van der Waals surface area contributed by atoms with E-state index in [2.05, 4.69) is 15.9 Å². The number of hydrogen-bond donors (Lipinski definition) is 2. The van der Waals surface area contributed by atoms with Crippen LogP contribution in [0.5, 0.6) is 0 Å². The second-order valence-electron chi connectivity index (χ2n) is 3.50. The molecule has 0 bridgehead atoms. The molecule has 0 saturated heterocycles. The van der Waals surface area contributed by atoms with Crippen LogP contribution in [0, 0.1) is 0 Å². The number of aromatic carboxylic acids is 1. The third-order valence-corrected chi connectivity index (χ3v) is 5.12. The molecule has 1 rings (SSSR count). The summed E-state index contributed by atoms with van der Waals surface area (Å²) in [6.45, 7) is -0.323. The number of carboxylic acid groups (broad SMARTS) is 1. The number of nitrogens with zero attached hydrogens (tertiary/aromatic N) is 1. The molecule has 0 saturated carbocycles. The Kier molecular flexibility index (Phi) is 4.85. The Balaban J connectivity index is 3.22. The fraction of sp³-hybridized carbons (Fsp3) is 0.300. The highest BCUT2D eigenvalue weighted by Gasteiger charge is 2.23. The van der Waals surface area contributed by atoms with Gasteiger partial charge in [0.2, 0.25) is 10.0 Å². The van der Waals surface area contributed by atoms with E-state index in [9.17, 15) is 13.2 Å². The fourth-order valence-electron chi connectivity index (χ4n) is 1.27. The molecule has 1 aromatic rings. The summed E-state index contributed by atoms with van der Waals surface area (Å²) in [6, 6.07) is 3.66. The van der Waals surface area contributed by atoms with Crippen LogP contribution in [0.1, 0.15) is 10.4 Å². The molecule has 0 aliphatic carbocycles. The van der Waals surface area contributed by atoms with Crippen molar-refractivity contribution in [1.29, 1.82) is 0 Å². The van der Waals surface area contributed by atoms with Crippen molar-refractivity contribution in [2.24, 2.45) is 0 Å². The molecule has 1 aromatic carbocycles. The van der Waals surface area contributed by atoms with Gasteiger partial charge in [-0.25, -0.2) is 13.2 Å². The lowest BCUT2D eigenvalue weighted by Gasteiger charge is -2.16. The predicted octanol–water partition coefficient (Wildman–Crippen LogP) is 0.760. The van der Waals surface area contributed by atoms with E-state index < -0.39 is 16.0 Å². The maximum absolute atomic E-state index is 12.1. The van der Waals surface area contributed by atoms with Crippen molar-refractivity contribution in [3.8, 4) is 0 Å². The summed E-state index contributed by atoms with van der Waals surface area (Å²) in [7, 11) is -2.40. The highest BCUT2D eigenvalue weighted by molar-refractivity contribution is 9.10. The number of hydrogen-bond acceptors (Lipinski definition) is 4. The van der Waals surface area contributed by atoms with E-state index in [4.69, 9.17) is 10.2 Å². The third-order valence-electron chi connectivity index (χ3n) is 2.28. The highest BCUT2D eigenvalue weighted by Crippen LogP contribution is 2.25. The number of rotatable bonds is 5. The first-order valence-corrected chi connectivity index (χ1v) is 7.14. The Hall–Kier alpha value is -0.960. The Bertz CT molecular complexity index is 557. The number of carbonyl (C=O) groups is 1. The molecule has 2 N–H and O–H groups in total. The van der Waals surface area contributed by atoms with Crippen molar-refractivity contribution in [3.05, 3.63) is 28.2 Å². The maximum Gasteiger partial charge on any atom is 0.335 e. The first-order chi connectivity index (χ1) is 8.30. The quantitative estimate of drug-likeness (QED) is 0.827. The van der Waals surface area contributed by atoms with Crippen LogP contribution < -0.4 is 0 Å². The third kappa shape index (κ3) is 3.08. The van der Waals surface area contributed by atoms with E-state index in [1.54, 1.807) is 0 Å². The van der Waals surface area contributed by atoms with Crippen molar-refractivity contribution in [2.45, 2.75) is 4.90 Å². The van der Waals surface area contributed by atoms with Gasteiger partial charge in [0.1, 0.15) is 0 Å². The van der Waals surface area contributed by atoms with Crippen LogP contribution in [0.4, 0.5) is 0 Å². The molecule has 0 unspecified atom stereocenters. The molecule has 100 valence electrons. The Morgan fingerprint density at radius 2 is 2.06 bits per heavy atom. The van der Waals surface area contributed by atoms with Crippen LogP contribution in [0.25, 0.3) is 0 Å². The minimum Gasteiger partial charge on any atom is -0.478 e. The summed E-state index contributed by atoms with van der Waals surface area (Å²) in [5.41, 5.74) is -0.00867. The van der Waals surface area contributed by atoms with E-state index in [1.165, 1.54) is 25.2 Å². The molecule has 0 amide bonds. The highest BCUT2D eigenvalue weighted by atomic mass is 79.9. The minimum atomic E-state index is -3.74. The summed E-state index contributed by atoms with van der Waals surface area (Å²) < 4.78 is 25.3. The molecule has 18 heavy (non-hydrogen) atoms. The Morgan fingerprint density at radius 3 is 2.50 bits per heavy atom. The van der Waals surface area contributed by atoms with Gasteiger partial charge in [-0.2, -0.15) is 4.31 Å². The topological polar surface area (TPSA) is 94.9 Å². The van der Waals surface area contributed by atoms with Crippen LogP contribution in [0.15, 0.2) is 27.6 Å².